The van der Waals surface area contributed by atoms with Gasteiger partial charge in [0.2, 0.25) is 0 Å². The van der Waals surface area contributed by atoms with Crippen LogP contribution >= 0.6 is 7.60 Å². The minimum Gasteiger partial charge on any atom is -0.508 e. The number of rotatable bonds is 9. The number of para-hydroxylation sites is 5. The van der Waals surface area contributed by atoms with Crippen LogP contribution < -0.4 is 19.1 Å². The van der Waals surface area contributed by atoms with E-state index in [9.17, 15) is 9.67 Å². The fourth-order valence-corrected chi connectivity index (χ4v) is 5.27. The van der Waals surface area contributed by atoms with E-state index in [4.69, 9.17) is 13.8 Å². The summed E-state index contributed by atoms with van der Waals surface area (Å²) in [5.74, 6) is 0.191. The molecule has 4 aromatic carbocycles. The van der Waals surface area contributed by atoms with E-state index >= 15 is 0 Å². The van der Waals surface area contributed by atoms with E-state index in [1.165, 1.54) is 6.07 Å². The number of hydrogen-bond donors (Lipinski definition) is 2. The number of anilines is 1. The molecule has 0 bridgehead atoms. The molecule has 0 fully saturated rings. The zero-order valence-electron chi connectivity index (χ0n) is 18.0. The van der Waals surface area contributed by atoms with Gasteiger partial charge < -0.3 is 24.2 Å². The molecule has 7 heteroatoms. The molecule has 1 atom stereocenters. The van der Waals surface area contributed by atoms with Gasteiger partial charge in [-0.15, -0.1) is 0 Å². The van der Waals surface area contributed by atoms with Gasteiger partial charge in [0.25, 0.3) is 0 Å². The van der Waals surface area contributed by atoms with Crippen LogP contribution in [0.1, 0.15) is 11.3 Å². The minimum atomic E-state index is -4.04. The van der Waals surface area contributed by atoms with Crippen LogP contribution in [0.2, 0.25) is 0 Å². The summed E-state index contributed by atoms with van der Waals surface area (Å²) in [6.07, 6.45) is 0. The molecule has 0 aliphatic heterocycles. The first-order valence-electron chi connectivity index (χ1n) is 10.4. The number of phenolic OH excluding ortho intramolecular Hbond substituents is 1. The van der Waals surface area contributed by atoms with E-state index in [1.54, 1.807) is 86.0 Å². The predicted octanol–water partition coefficient (Wildman–Crippen LogP) is 6.86. The minimum absolute atomic E-state index is 0.0431. The van der Waals surface area contributed by atoms with Gasteiger partial charge in [-0.3, -0.25) is 0 Å². The molecule has 33 heavy (non-hydrogen) atoms. The monoisotopic (exact) mass is 461 g/mol. The molecule has 0 aromatic heterocycles. The van der Waals surface area contributed by atoms with Crippen LogP contribution in [0, 0.1) is 0 Å². The maximum Gasteiger partial charge on any atom is 0.457 e. The summed E-state index contributed by atoms with van der Waals surface area (Å²) in [5, 5.41) is 13.9. The molecule has 4 rings (SSSR count). The third kappa shape index (κ3) is 5.30. The molecule has 0 saturated carbocycles. The van der Waals surface area contributed by atoms with Crippen molar-refractivity contribution in [3.63, 3.8) is 0 Å². The van der Waals surface area contributed by atoms with Gasteiger partial charge in [-0.1, -0.05) is 66.7 Å². The van der Waals surface area contributed by atoms with Crippen LogP contribution in [0.5, 0.6) is 23.0 Å². The molecule has 4 aromatic rings. The topological polar surface area (TPSA) is 77.0 Å². The van der Waals surface area contributed by atoms with Gasteiger partial charge in [-0.05, 0) is 42.5 Å². The van der Waals surface area contributed by atoms with Crippen molar-refractivity contribution in [1.82, 2.24) is 0 Å². The largest absolute Gasteiger partial charge is 0.508 e. The number of ether oxygens (including phenoxy) is 1. The lowest BCUT2D eigenvalue weighted by Gasteiger charge is -2.30. The van der Waals surface area contributed by atoms with Crippen LogP contribution in [-0.4, -0.2) is 12.2 Å². The number of methoxy groups -OCH3 is 1. The highest BCUT2D eigenvalue weighted by Crippen LogP contribution is 2.61. The highest BCUT2D eigenvalue weighted by atomic mass is 31.2. The van der Waals surface area contributed by atoms with Crippen molar-refractivity contribution in [3.05, 3.63) is 115 Å². The van der Waals surface area contributed by atoms with E-state index in [0.29, 0.717) is 28.5 Å². The van der Waals surface area contributed by atoms with Crippen LogP contribution in [0.25, 0.3) is 0 Å². The molecule has 2 N–H and O–H groups in total. The second-order valence-electron chi connectivity index (χ2n) is 7.15. The molecule has 0 aliphatic carbocycles. The van der Waals surface area contributed by atoms with Gasteiger partial charge in [0, 0.05) is 5.56 Å². The molecule has 0 spiro atoms. The predicted molar refractivity (Wildman–Crippen MR) is 129 cm³/mol. The third-order valence-electron chi connectivity index (χ3n) is 4.90. The van der Waals surface area contributed by atoms with Crippen molar-refractivity contribution in [2.45, 2.75) is 5.78 Å². The lowest BCUT2D eigenvalue weighted by molar-refractivity contribution is 0.373. The standard InChI is InChI=1S/C26H24NO5P/c1-30-25-19-11-9-17-23(25)27-26(22-16-8-10-18-24(22)28)33(29,31-20-12-4-2-5-13-20)32-21-14-6-3-7-15-21/h2-19,26-28H,1H3. The van der Waals surface area contributed by atoms with Crippen molar-refractivity contribution in [2.24, 2.45) is 0 Å². The summed E-state index contributed by atoms with van der Waals surface area (Å²) in [7, 11) is -2.49. The second kappa shape index (κ2) is 10.2. The van der Waals surface area contributed by atoms with Crippen LogP contribution in [0.15, 0.2) is 109 Å². The Bertz CT molecular complexity index is 1190. The summed E-state index contributed by atoms with van der Waals surface area (Å²) in [5.41, 5.74) is 0.931. The number of nitrogens with one attached hydrogen (secondary N) is 1. The van der Waals surface area contributed by atoms with Gasteiger partial charge in [0.1, 0.15) is 23.0 Å². The first-order chi connectivity index (χ1) is 16.1. The van der Waals surface area contributed by atoms with E-state index < -0.39 is 13.4 Å². The van der Waals surface area contributed by atoms with Crippen LogP contribution in [0.3, 0.4) is 0 Å². The fraction of sp³-hybridized carbons (Fsp3) is 0.0769. The summed E-state index contributed by atoms with van der Waals surface area (Å²) in [6, 6.07) is 31.5. The Hall–Kier alpha value is -3.89. The van der Waals surface area contributed by atoms with E-state index in [0.717, 1.165) is 0 Å². The highest BCUT2D eigenvalue weighted by molar-refractivity contribution is 7.55. The maximum absolute atomic E-state index is 14.5. The molecule has 0 saturated heterocycles. The molecule has 1 unspecified atom stereocenters. The Morgan fingerprint density at radius 2 is 1.24 bits per heavy atom. The van der Waals surface area contributed by atoms with Gasteiger partial charge in [0.05, 0.1) is 12.8 Å². The zero-order valence-corrected chi connectivity index (χ0v) is 18.9. The molecule has 0 aliphatic rings. The molecule has 6 nitrogen and oxygen atoms in total. The van der Waals surface area contributed by atoms with E-state index in [2.05, 4.69) is 5.32 Å². The number of aromatic hydroxyl groups is 1. The van der Waals surface area contributed by atoms with Gasteiger partial charge in [0.15, 0.2) is 5.78 Å². The first kappa shape index (κ1) is 22.3. The molecular weight excluding hydrogens is 437 g/mol. The van der Waals surface area contributed by atoms with Crippen molar-refractivity contribution in [3.8, 4) is 23.0 Å². The summed E-state index contributed by atoms with van der Waals surface area (Å²) >= 11 is 0. The fourth-order valence-electron chi connectivity index (χ4n) is 3.34. The summed E-state index contributed by atoms with van der Waals surface area (Å²) < 4.78 is 32.1. The van der Waals surface area contributed by atoms with Crippen molar-refractivity contribution in [2.75, 3.05) is 12.4 Å². The van der Waals surface area contributed by atoms with Gasteiger partial charge in [-0.2, -0.15) is 0 Å². The molecule has 0 radical (unpaired) electrons. The normalized spacial score (nSPS) is 11.9. The number of phenols is 1. The van der Waals surface area contributed by atoms with Crippen molar-refractivity contribution < 1.29 is 23.5 Å². The number of benzene rings is 4. The molecule has 0 amide bonds. The van der Waals surface area contributed by atoms with Crippen molar-refractivity contribution >= 4 is 13.3 Å². The zero-order chi connectivity index (χ0) is 23.1. The Kier molecular flexibility index (Phi) is 6.86. The third-order valence-corrected chi connectivity index (χ3v) is 6.87. The Morgan fingerprint density at radius 3 is 1.82 bits per heavy atom. The van der Waals surface area contributed by atoms with E-state index in [-0.39, 0.29) is 5.75 Å². The SMILES string of the molecule is COc1ccccc1NC(c1ccccc1O)P(=O)(Oc1ccccc1)Oc1ccccc1. The molecular formula is C26H24NO5P. The number of hydrogen-bond acceptors (Lipinski definition) is 6. The quantitative estimate of drug-likeness (QED) is 0.265. The maximum atomic E-state index is 14.5. The first-order valence-corrected chi connectivity index (χ1v) is 12.0. The lowest BCUT2D eigenvalue weighted by Crippen LogP contribution is -2.18. The molecule has 168 valence electrons. The van der Waals surface area contributed by atoms with E-state index in [1.807, 2.05) is 24.3 Å². The average molecular weight is 461 g/mol. The van der Waals surface area contributed by atoms with Gasteiger partial charge >= 0.3 is 7.60 Å². The second-order valence-corrected chi connectivity index (χ2v) is 9.12. The van der Waals surface area contributed by atoms with Crippen LogP contribution in [0.4, 0.5) is 5.69 Å². The summed E-state index contributed by atoms with van der Waals surface area (Å²) in [6.45, 7) is 0. The Labute approximate surface area is 192 Å². The van der Waals surface area contributed by atoms with Crippen molar-refractivity contribution in [1.29, 1.82) is 0 Å². The lowest BCUT2D eigenvalue weighted by atomic mass is 10.2. The molecule has 0 heterocycles. The van der Waals surface area contributed by atoms with Crippen LogP contribution in [-0.2, 0) is 4.57 Å². The summed E-state index contributed by atoms with van der Waals surface area (Å²) in [4.78, 5) is 0. The average Bonchev–Trinajstić information content (AvgIpc) is 2.84. The Morgan fingerprint density at radius 1 is 0.727 bits per heavy atom. The highest BCUT2D eigenvalue weighted by Gasteiger charge is 2.42. The van der Waals surface area contributed by atoms with Gasteiger partial charge in [-0.25, -0.2) is 4.57 Å². The Balaban J connectivity index is 1.84. The smallest absolute Gasteiger partial charge is 0.457 e.